The summed E-state index contributed by atoms with van der Waals surface area (Å²) in [6.07, 6.45) is 1.51. The molecule has 3 atom stereocenters. The molecule has 186 valence electrons. The van der Waals surface area contributed by atoms with Gasteiger partial charge in [0.1, 0.15) is 5.54 Å². The van der Waals surface area contributed by atoms with Gasteiger partial charge in [-0.15, -0.1) is 11.3 Å². The summed E-state index contributed by atoms with van der Waals surface area (Å²) in [4.78, 5) is 38.1. The molecule has 0 spiro atoms. The Hall–Kier alpha value is -2.30. The Kier molecular flexibility index (Phi) is 6.48. The number of fused-ring (bicyclic) bond motifs is 2. The van der Waals surface area contributed by atoms with Crippen LogP contribution in [0.5, 0.6) is 0 Å². The van der Waals surface area contributed by atoms with Crippen LogP contribution in [0.2, 0.25) is 5.02 Å². The van der Waals surface area contributed by atoms with Crippen LogP contribution in [0, 0.1) is 5.92 Å². The highest BCUT2D eigenvalue weighted by Crippen LogP contribution is 2.36. The van der Waals surface area contributed by atoms with Crippen LogP contribution < -0.4 is 11.1 Å². The van der Waals surface area contributed by atoms with Crippen LogP contribution >= 0.6 is 22.9 Å². The predicted octanol–water partition coefficient (Wildman–Crippen LogP) is 3.13. The zero-order chi connectivity index (χ0) is 24.9. The molecular formula is C25H30ClN5O3S. The van der Waals surface area contributed by atoms with Crippen molar-refractivity contribution < 1.29 is 14.7 Å². The number of carbonyl (C=O) groups is 2. The lowest BCUT2D eigenvalue weighted by molar-refractivity contribution is 0.0829. The number of benzene rings is 1. The molecule has 1 saturated carbocycles. The lowest BCUT2D eigenvalue weighted by Gasteiger charge is -2.30. The van der Waals surface area contributed by atoms with E-state index < -0.39 is 11.6 Å². The number of aromatic amines is 1. The van der Waals surface area contributed by atoms with Gasteiger partial charge in [-0.05, 0) is 56.9 Å². The summed E-state index contributed by atoms with van der Waals surface area (Å²) in [5, 5.41) is 14.6. The maximum atomic E-state index is 13.6. The highest BCUT2D eigenvalue weighted by molar-refractivity contribution is 7.13. The minimum atomic E-state index is -1.35. The lowest BCUT2D eigenvalue weighted by atomic mass is 9.87. The zero-order valence-corrected chi connectivity index (χ0v) is 21.4. The van der Waals surface area contributed by atoms with Gasteiger partial charge in [-0.2, -0.15) is 0 Å². The van der Waals surface area contributed by atoms with Gasteiger partial charge >= 0.3 is 0 Å². The van der Waals surface area contributed by atoms with E-state index in [2.05, 4.69) is 34.0 Å². The second kappa shape index (κ2) is 9.29. The van der Waals surface area contributed by atoms with E-state index in [0.717, 1.165) is 41.0 Å². The Morgan fingerprint density at radius 3 is 2.94 bits per heavy atom. The van der Waals surface area contributed by atoms with Gasteiger partial charge in [0, 0.05) is 53.0 Å². The van der Waals surface area contributed by atoms with Gasteiger partial charge in [0.15, 0.2) is 5.01 Å². The molecule has 1 fully saturated rings. The van der Waals surface area contributed by atoms with Crippen molar-refractivity contribution in [2.24, 2.45) is 11.7 Å². The Morgan fingerprint density at radius 2 is 2.20 bits per heavy atom. The fourth-order valence-corrected chi connectivity index (χ4v) is 6.49. The number of aliphatic hydroxyl groups excluding tert-OH is 1. The Labute approximate surface area is 212 Å². The van der Waals surface area contributed by atoms with Crippen molar-refractivity contribution in [3.05, 3.63) is 50.6 Å². The number of aliphatic hydroxyl groups is 1. The number of ketones is 1. The maximum absolute atomic E-state index is 13.6. The SMILES string of the molecule is CC(C)N1CCc2nc(C(=O)NC3CC(CO)CC3(N)C(=O)c3cc4cc(Cl)ccc4[nH]3)sc2C1. The van der Waals surface area contributed by atoms with Gasteiger partial charge in [-0.25, -0.2) is 4.98 Å². The molecule has 3 heterocycles. The van der Waals surface area contributed by atoms with Crippen molar-refractivity contribution >= 4 is 45.5 Å². The molecule has 0 radical (unpaired) electrons. The number of hydrogen-bond acceptors (Lipinski definition) is 7. The Morgan fingerprint density at radius 1 is 1.40 bits per heavy atom. The van der Waals surface area contributed by atoms with Crippen molar-refractivity contribution in [2.45, 2.75) is 57.3 Å². The third-order valence-corrected chi connectivity index (χ3v) is 8.63. The van der Waals surface area contributed by atoms with Crippen molar-refractivity contribution in [1.82, 2.24) is 20.2 Å². The summed E-state index contributed by atoms with van der Waals surface area (Å²) < 4.78 is 0. The summed E-state index contributed by atoms with van der Waals surface area (Å²) in [5.74, 6) is -0.801. The number of nitrogens with zero attached hydrogens (tertiary/aromatic N) is 2. The van der Waals surface area contributed by atoms with E-state index in [0.29, 0.717) is 28.2 Å². The molecule has 5 N–H and O–H groups in total. The predicted molar refractivity (Wildman–Crippen MR) is 137 cm³/mol. The van der Waals surface area contributed by atoms with E-state index >= 15 is 0 Å². The minimum absolute atomic E-state index is 0.0997. The lowest BCUT2D eigenvalue weighted by Crippen LogP contribution is -2.60. The standard InChI is InChI=1S/C25H30ClN5O3S/c1-13(2)31-6-5-18-20(11-31)35-24(29-18)23(34)30-21-7-14(12-32)10-25(21,27)22(33)19-9-15-8-16(26)3-4-17(15)28-19/h3-4,8-9,13-14,21,28,32H,5-7,10-12,27H2,1-2H3,(H,30,34). The molecule has 2 aliphatic rings. The number of halogens is 1. The molecule has 3 aromatic rings. The largest absolute Gasteiger partial charge is 0.396 e. The van der Waals surface area contributed by atoms with Gasteiger partial charge < -0.3 is 21.1 Å². The van der Waals surface area contributed by atoms with E-state index in [9.17, 15) is 14.7 Å². The first-order chi connectivity index (χ1) is 16.7. The average molecular weight is 516 g/mol. The minimum Gasteiger partial charge on any atom is -0.396 e. The van der Waals surface area contributed by atoms with Gasteiger partial charge in [-0.3, -0.25) is 14.5 Å². The summed E-state index contributed by atoms with van der Waals surface area (Å²) >= 11 is 7.50. The van der Waals surface area contributed by atoms with Crippen LogP contribution in [0.25, 0.3) is 10.9 Å². The van der Waals surface area contributed by atoms with Crippen LogP contribution in [-0.4, -0.2) is 62.4 Å². The highest BCUT2D eigenvalue weighted by Gasteiger charge is 2.51. The summed E-state index contributed by atoms with van der Waals surface area (Å²) in [6.45, 7) is 5.94. The third kappa shape index (κ3) is 4.51. The van der Waals surface area contributed by atoms with E-state index in [1.165, 1.54) is 11.3 Å². The first kappa shape index (κ1) is 24.4. The summed E-state index contributed by atoms with van der Waals surface area (Å²) in [5.41, 5.74) is 7.50. The van der Waals surface area contributed by atoms with Gasteiger partial charge in [0.25, 0.3) is 5.91 Å². The van der Waals surface area contributed by atoms with Crippen LogP contribution in [0.1, 0.15) is 57.6 Å². The van der Waals surface area contributed by atoms with E-state index in [1.54, 1.807) is 18.2 Å². The highest BCUT2D eigenvalue weighted by atomic mass is 35.5. The third-order valence-electron chi connectivity index (χ3n) is 7.32. The Bertz CT molecular complexity index is 1290. The number of nitrogens with one attached hydrogen (secondary N) is 2. The number of hydrogen-bond donors (Lipinski definition) is 4. The van der Waals surface area contributed by atoms with E-state index in [-0.39, 0.29) is 30.6 Å². The zero-order valence-electron chi connectivity index (χ0n) is 19.8. The Balaban J connectivity index is 1.38. The number of nitrogens with two attached hydrogens (primary N) is 1. The van der Waals surface area contributed by atoms with Crippen molar-refractivity contribution in [3.8, 4) is 0 Å². The molecule has 35 heavy (non-hydrogen) atoms. The molecule has 8 nitrogen and oxygen atoms in total. The smallest absolute Gasteiger partial charge is 0.280 e. The second-order valence-electron chi connectivity index (χ2n) is 10.0. The molecule has 10 heteroatoms. The quantitative estimate of drug-likeness (QED) is 0.374. The molecule has 1 aromatic carbocycles. The normalized spacial score (nSPS) is 24.7. The molecule has 1 aliphatic carbocycles. The molecule has 0 saturated heterocycles. The number of aromatic nitrogens is 2. The number of carbonyl (C=O) groups excluding carboxylic acids is 2. The summed E-state index contributed by atoms with van der Waals surface area (Å²) in [6, 6.07) is 6.89. The molecule has 1 aliphatic heterocycles. The van der Waals surface area contributed by atoms with Crippen molar-refractivity contribution in [2.75, 3.05) is 13.2 Å². The van der Waals surface area contributed by atoms with Gasteiger partial charge in [-0.1, -0.05) is 11.6 Å². The fourth-order valence-electron chi connectivity index (χ4n) is 5.27. The molecular weight excluding hydrogens is 486 g/mol. The first-order valence-electron chi connectivity index (χ1n) is 11.9. The second-order valence-corrected chi connectivity index (χ2v) is 11.5. The molecule has 3 unspecified atom stereocenters. The molecule has 0 bridgehead atoms. The topological polar surface area (TPSA) is 124 Å². The van der Waals surface area contributed by atoms with Gasteiger partial charge in [0.2, 0.25) is 5.78 Å². The van der Waals surface area contributed by atoms with E-state index in [4.69, 9.17) is 17.3 Å². The van der Waals surface area contributed by atoms with Crippen molar-refractivity contribution in [3.63, 3.8) is 0 Å². The number of amides is 1. The van der Waals surface area contributed by atoms with Crippen LogP contribution in [0.15, 0.2) is 24.3 Å². The van der Waals surface area contributed by atoms with Crippen LogP contribution in [-0.2, 0) is 13.0 Å². The molecule has 5 rings (SSSR count). The van der Waals surface area contributed by atoms with E-state index in [1.807, 2.05) is 6.07 Å². The summed E-state index contributed by atoms with van der Waals surface area (Å²) in [7, 11) is 0. The van der Waals surface area contributed by atoms with Crippen LogP contribution in [0.4, 0.5) is 0 Å². The number of Topliss-reactive ketones (excluding diaryl/α,β-unsaturated/α-hetero) is 1. The maximum Gasteiger partial charge on any atom is 0.280 e. The first-order valence-corrected chi connectivity index (χ1v) is 13.1. The molecule has 2 aromatic heterocycles. The van der Waals surface area contributed by atoms with Crippen molar-refractivity contribution in [1.29, 1.82) is 0 Å². The monoisotopic (exact) mass is 515 g/mol. The molecule has 1 amide bonds. The number of thiazole rings is 1. The number of H-pyrrole nitrogens is 1. The average Bonchev–Trinajstić information content (AvgIpc) is 3.53. The van der Waals surface area contributed by atoms with Gasteiger partial charge in [0.05, 0.1) is 17.4 Å². The fraction of sp³-hybridized carbons (Fsp3) is 0.480. The number of rotatable bonds is 6. The van der Waals surface area contributed by atoms with Crippen LogP contribution in [0.3, 0.4) is 0 Å².